The monoisotopic (exact) mass is 368 g/mol. The lowest BCUT2D eigenvalue weighted by Crippen LogP contribution is -2.30. The maximum absolute atomic E-state index is 12.4. The fourth-order valence-electron chi connectivity index (χ4n) is 2.20. The first-order valence-corrected chi connectivity index (χ1v) is 7.84. The molecule has 140 valence electrons. The molecule has 26 heavy (non-hydrogen) atoms. The number of aromatic nitrogens is 1. The predicted octanol–water partition coefficient (Wildman–Crippen LogP) is 3.33. The van der Waals surface area contributed by atoms with Gasteiger partial charge >= 0.3 is 12.6 Å². The highest BCUT2D eigenvalue weighted by Crippen LogP contribution is 2.26. The van der Waals surface area contributed by atoms with E-state index in [9.17, 15) is 18.4 Å². The van der Waals surface area contributed by atoms with Crippen LogP contribution in [-0.4, -0.2) is 29.7 Å². The number of amides is 1. The number of para-hydroxylation sites is 2. The largest absolute Gasteiger partial charge is 0.449 e. The molecule has 0 saturated carbocycles. The van der Waals surface area contributed by atoms with Crippen molar-refractivity contribution in [2.75, 3.05) is 5.32 Å². The molecule has 9 heteroatoms. The topological polar surface area (TPSA) is 90.7 Å². The summed E-state index contributed by atoms with van der Waals surface area (Å²) in [6.07, 6.45) is -0.721. The van der Waals surface area contributed by atoms with Crippen LogP contribution in [0, 0.1) is 6.92 Å². The summed E-state index contributed by atoms with van der Waals surface area (Å²) in [5.41, 5.74) is 0.639. The summed E-state index contributed by atoms with van der Waals surface area (Å²) in [4.78, 5) is 24.5. The molecular weight excluding hydrogens is 350 g/mol. The summed E-state index contributed by atoms with van der Waals surface area (Å²) >= 11 is 0. The highest BCUT2D eigenvalue weighted by atomic mass is 19.3. The van der Waals surface area contributed by atoms with Gasteiger partial charge in [0.2, 0.25) is 0 Å². The quantitative estimate of drug-likeness (QED) is 0.754. The lowest BCUT2D eigenvalue weighted by molar-refractivity contribution is -0.123. The zero-order chi connectivity index (χ0) is 19.3. The number of carbonyl (C=O) groups excluding carboxylic acids is 2. The van der Waals surface area contributed by atoms with Crippen LogP contribution in [0.2, 0.25) is 0 Å². The van der Waals surface area contributed by atoms with Crippen LogP contribution in [0.4, 0.5) is 14.5 Å². The van der Waals surface area contributed by atoms with Gasteiger partial charge in [-0.05, 0) is 32.4 Å². The van der Waals surface area contributed by atoms with Crippen LogP contribution >= 0.6 is 0 Å². The van der Waals surface area contributed by atoms with Gasteiger partial charge in [0.1, 0.15) is 17.1 Å². The van der Waals surface area contributed by atoms with Crippen LogP contribution in [0.3, 0.4) is 0 Å². The highest BCUT2D eigenvalue weighted by molar-refractivity contribution is 5.98. The number of ether oxygens (including phenoxy) is 2. The minimum absolute atomic E-state index is 0.0381. The van der Waals surface area contributed by atoms with Crippen LogP contribution in [0.15, 0.2) is 28.8 Å². The van der Waals surface area contributed by atoms with Gasteiger partial charge in [-0.25, -0.2) is 4.79 Å². The molecule has 0 fully saturated rings. The number of benzene rings is 1. The minimum Gasteiger partial charge on any atom is -0.449 e. The van der Waals surface area contributed by atoms with E-state index in [2.05, 4.69) is 15.2 Å². The molecule has 1 N–H and O–H groups in total. The van der Waals surface area contributed by atoms with Crippen molar-refractivity contribution in [1.82, 2.24) is 5.16 Å². The van der Waals surface area contributed by atoms with Crippen LogP contribution in [-0.2, 0) is 16.0 Å². The molecule has 2 aromatic rings. The van der Waals surface area contributed by atoms with Crippen LogP contribution in [0.25, 0.3) is 0 Å². The molecule has 0 unspecified atom stereocenters. The van der Waals surface area contributed by atoms with Crippen molar-refractivity contribution in [2.45, 2.75) is 39.9 Å². The van der Waals surface area contributed by atoms with Gasteiger partial charge in [-0.3, -0.25) is 4.79 Å². The predicted molar refractivity (Wildman–Crippen MR) is 87.2 cm³/mol. The Morgan fingerprint density at radius 1 is 1.31 bits per heavy atom. The third kappa shape index (κ3) is 4.56. The van der Waals surface area contributed by atoms with E-state index in [1.807, 2.05) is 0 Å². The molecule has 1 amide bonds. The fraction of sp³-hybridized carbons (Fsp3) is 0.353. The number of hydrogen-bond donors (Lipinski definition) is 1. The van der Waals surface area contributed by atoms with Gasteiger partial charge in [0.25, 0.3) is 5.91 Å². The zero-order valence-corrected chi connectivity index (χ0v) is 14.4. The summed E-state index contributed by atoms with van der Waals surface area (Å²) in [6.45, 7) is 1.68. The second-order valence-electron chi connectivity index (χ2n) is 5.33. The number of nitrogens with zero attached hydrogens (tertiary/aromatic N) is 1. The van der Waals surface area contributed by atoms with Crippen molar-refractivity contribution < 1.29 is 32.4 Å². The van der Waals surface area contributed by atoms with E-state index in [1.54, 1.807) is 19.9 Å². The summed E-state index contributed by atoms with van der Waals surface area (Å²) in [7, 11) is 0. The van der Waals surface area contributed by atoms with E-state index >= 15 is 0 Å². The number of halogens is 2. The Morgan fingerprint density at radius 2 is 2.00 bits per heavy atom. The van der Waals surface area contributed by atoms with E-state index in [4.69, 9.17) is 9.26 Å². The van der Waals surface area contributed by atoms with Crippen molar-refractivity contribution in [3.05, 3.63) is 41.3 Å². The number of alkyl halides is 2. The molecule has 1 aromatic heterocycles. The summed E-state index contributed by atoms with van der Waals surface area (Å²) < 4.78 is 39.3. The van der Waals surface area contributed by atoms with Crippen LogP contribution in [0.1, 0.15) is 35.7 Å². The number of hydrogen-bond acceptors (Lipinski definition) is 6. The number of carbonyl (C=O) groups is 2. The zero-order valence-electron chi connectivity index (χ0n) is 14.4. The third-order valence-corrected chi connectivity index (χ3v) is 3.49. The minimum atomic E-state index is -3.03. The first kappa shape index (κ1) is 19.4. The molecule has 0 radical (unpaired) electrons. The maximum atomic E-state index is 12.4. The molecule has 0 bridgehead atoms. The van der Waals surface area contributed by atoms with E-state index < -0.39 is 24.6 Å². The van der Waals surface area contributed by atoms with Crippen LogP contribution < -0.4 is 10.1 Å². The molecule has 0 spiro atoms. The molecule has 1 heterocycles. The molecule has 7 nitrogen and oxygen atoms in total. The van der Waals surface area contributed by atoms with E-state index in [-0.39, 0.29) is 22.8 Å². The second-order valence-corrected chi connectivity index (χ2v) is 5.33. The van der Waals surface area contributed by atoms with Gasteiger partial charge in [0.15, 0.2) is 6.10 Å². The fourth-order valence-corrected chi connectivity index (χ4v) is 2.20. The van der Waals surface area contributed by atoms with E-state index in [0.29, 0.717) is 12.1 Å². The lowest BCUT2D eigenvalue weighted by atomic mass is 10.1. The summed E-state index contributed by atoms with van der Waals surface area (Å²) in [5, 5.41) is 6.15. The average molecular weight is 368 g/mol. The molecule has 0 aliphatic rings. The Morgan fingerprint density at radius 3 is 2.65 bits per heavy atom. The van der Waals surface area contributed by atoms with Crippen molar-refractivity contribution in [2.24, 2.45) is 0 Å². The van der Waals surface area contributed by atoms with Crippen molar-refractivity contribution >= 4 is 17.6 Å². The molecular formula is C17H18F2N2O5. The van der Waals surface area contributed by atoms with Crippen LogP contribution in [0.5, 0.6) is 5.75 Å². The molecule has 0 aliphatic carbocycles. The van der Waals surface area contributed by atoms with Gasteiger partial charge in [-0.2, -0.15) is 8.78 Å². The third-order valence-electron chi connectivity index (χ3n) is 3.49. The summed E-state index contributed by atoms with van der Waals surface area (Å²) in [6, 6.07) is 5.70. The average Bonchev–Trinajstić information content (AvgIpc) is 2.96. The number of aryl methyl sites for hydroxylation is 2. The van der Waals surface area contributed by atoms with Gasteiger partial charge in [0.05, 0.1) is 11.4 Å². The molecule has 1 atom stereocenters. The molecule has 0 saturated heterocycles. The Balaban J connectivity index is 2.06. The van der Waals surface area contributed by atoms with E-state index in [1.165, 1.54) is 25.1 Å². The lowest BCUT2D eigenvalue weighted by Gasteiger charge is -2.15. The van der Waals surface area contributed by atoms with Gasteiger partial charge in [-0.15, -0.1) is 0 Å². The Hall–Kier alpha value is -2.97. The highest BCUT2D eigenvalue weighted by Gasteiger charge is 2.25. The van der Waals surface area contributed by atoms with Gasteiger partial charge in [-0.1, -0.05) is 24.2 Å². The van der Waals surface area contributed by atoms with Gasteiger partial charge in [0, 0.05) is 0 Å². The van der Waals surface area contributed by atoms with Crippen molar-refractivity contribution in [3.63, 3.8) is 0 Å². The van der Waals surface area contributed by atoms with E-state index in [0.717, 1.165) is 0 Å². The smallest absolute Gasteiger partial charge is 0.387 e. The Labute approximate surface area is 148 Å². The maximum Gasteiger partial charge on any atom is 0.387 e. The number of esters is 1. The first-order chi connectivity index (χ1) is 12.3. The first-order valence-electron chi connectivity index (χ1n) is 7.84. The molecule has 2 rings (SSSR count). The second kappa shape index (κ2) is 8.41. The van der Waals surface area contributed by atoms with Gasteiger partial charge < -0.3 is 19.3 Å². The standard InChI is InChI=1S/C17H18F2N2O5/c1-4-11-14(9(2)26-21-11)16(23)24-10(3)15(22)20-12-7-5-6-8-13(12)25-17(18)19/h5-8,10,17H,4H2,1-3H3,(H,20,22)/t10-/m0/s1. The summed E-state index contributed by atoms with van der Waals surface area (Å²) in [5.74, 6) is -1.36. The number of anilines is 1. The normalized spacial score (nSPS) is 11.9. The SMILES string of the molecule is CCc1noc(C)c1C(=O)O[C@@H](C)C(=O)Nc1ccccc1OC(F)F. The molecule has 0 aliphatic heterocycles. The Kier molecular flexibility index (Phi) is 6.26. The Bertz CT molecular complexity index is 791. The number of rotatable bonds is 7. The number of nitrogens with one attached hydrogen (secondary N) is 1. The van der Waals surface area contributed by atoms with Crippen molar-refractivity contribution in [3.8, 4) is 5.75 Å². The molecule has 1 aromatic carbocycles. The van der Waals surface area contributed by atoms with Crippen molar-refractivity contribution in [1.29, 1.82) is 0 Å².